The number of nitrogens with two attached hydrogens (primary N) is 1. The zero-order valence-electron chi connectivity index (χ0n) is 9.27. The maximum atomic E-state index is 9.81. The van der Waals surface area contributed by atoms with Crippen LogP contribution in [0.5, 0.6) is 11.5 Å². The van der Waals surface area contributed by atoms with Crippen LogP contribution in [0.1, 0.15) is 17.2 Å². The second-order valence-corrected chi connectivity index (χ2v) is 3.72. The molecular weight excluding hydrogens is 230 g/mol. The fourth-order valence-electron chi connectivity index (χ4n) is 1.99. The Morgan fingerprint density at radius 2 is 1.81 bits per heavy atom. The lowest BCUT2D eigenvalue weighted by Crippen LogP contribution is -2.24. The predicted molar refractivity (Wildman–Crippen MR) is 63.4 cm³/mol. The molecule has 0 radical (unpaired) electrons. The summed E-state index contributed by atoms with van der Waals surface area (Å²) in [6.45, 7) is 0. The normalized spacial score (nSPS) is 22.2. The Hall–Kier alpha value is -0.970. The molecule has 0 heterocycles. The van der Waals surface area contributed by atoms with Crippen LogP contribution in [0.25, 0.3) is 0 Å². The summed E-state index contributed by atoms with van der Waals surface area (Å²) in [5.41, 5.74) is 7.66. The van der Waals surface area contributed by atoms with E-state index in [-0.39, 0.29) is 18.4 Å². The molecule has 2 unspecified atom stereocenters. The number of hydrogen-bond donors (Lipinski definition) is 2. The molecule has 0 aliphatic heterocycles. The molecule has 1 aliphatic rings. The molecule has 1 aliphatic carbocycles. The standard InChI is InChI=1S/C11H15NO3.ClH/c1-14-9-4-6-3-8(12)11(13)7(6)5-10(9)15-2;/h4-5,8,11,13H,3,12H2,1-2H3;1H. The monoisotopic (exact) mass is 245 g/mol. The highest BCUT2D eigenvalue weighted by Gasteiger charge is 2.29. The van der Waals surface area contributed by atoms with E-state index in [2.05, 4.69) is 0 Å². The van der Waals surface area contributed by atoms with Crippen molar-refractivity contribution in [3.05, 3.63) is 23.3 Å². The van der Waals surface area contributed by atoms with Gasteiger partial charge in [0, 0.05) is 6.04 Å². The van der Waals surface area contributed by atoms with Crippen LogP contribution < -0.4 is 15.2 Å². The van der Waals surface area contributed by atoms with Gasteiger partial charge in [-0.3, -0.25) is 0 Å². The van der Waals surface area contributed by atoms with Crippen molar-refractivity contribution in [2.75, 3.05) is 14.2 Å². The van der Waals surface area contributed by atoms with E-state index < -0.39 is 6.10 Å². The lowest BCUT2D eigenvalue weighted by atomic mass is 10.1. The van der Waals surface area contributed by atoms with Crippen molar-refractivity contribution in [1.29, 1.82) is 0 Å². The molecule has 16 heavy (non-hydrogen) atoms. The van der Waals surface area contributed by atoms with Crippen LogP contribution >= 0.6 is 12.4 Å². The van der Waals surface area contributed by atoms with Crippen LogP contribution in [0.15, 0.2) is 12.1 Å². The first-order valence-electron chi connectivity index (χ1n) is 4.85. The van der Waals surface area contributed by atoms with E-state index in [0.717, 1.165) is 11.1 Å². The number of ether oxygens (including phenoxy) is 2. The quantitative estimate of drug-likeness (QED) is 0.817. The number of aliphatic hydroxyl groups is 1. The molecular formula is C11H16ClNO3. The van der Waals surface area contributed by atoms with Gasteiger partial charge in [-0.1, -0.05) is 0 Å². The molecule has 0 amide bonds. The third-order valence-corrected chi connectivity index (χ3v) is 2.83. The molecule has 90 valence electrons. The lowest BCUT2D eigenvalue weighted by molar-refractivity contribution is 0.159. The lowest BCUT2D eigenvalue weighted by Gasteiger charge is -2.12. The van der Waals surface area contributed by atoms with Crippen molar-refractivity contribution < 1.29 is 14.6 Å². The van der Waals surface area contributed by atoms with Gasteiger partial charge in [-0.05, 0) is 29.7 Å². The van der Waals surface area contributed by atoms with Gasteiger partial charge in [0.2, 0.25) is 0 Å². The first-order chi connectivity index (χ1) is 7.17. The van der Waals surface area contributed by atoms with Crippen LogP contribution in [0.3, 0.4) is 0 Å². The number of hydrogen-bond acceptors (Lipinski definition) is 4. The fourth-order valence-corrected chi connectivity index (χ4v) is 1.99. The summed E-state index contributed by atoms with van der Waals surface area (Å²) in [6.07, 6.45) is 0.0800. The summed E-state index contributed by atoms with van der Waals surface area (Å²) in [5, 5.41) is 9.81. The zero-order valence-corrected chi connectivity index (χ0v) is 10.1. The van der Waals surface area contributed by atoms with Crippen LogP contribution in [-0.4, -0.2) is 25.4 Å². The largest absolute Gasteiger partial charge is 0.493 e. The van der Waals surface area contributed by atoms with Gasteiger partial charge < -0.3 is 20.3 Å². The van der Waals surface area contributed by atoms with Gasteiger partial charge in [-0.2, -0.15) is 0 Å². The summed E-state index contributed by atoms with van der Waals surface area (Å²) >= 11 is 0. The van der Waals surface area contributed by atoms with Gasteiger partial charge in [-0.25, -0.2) is 0 Å². The summed E-state index contributed by atoms with van der Waals surface area (Å²) < 4.78 is 10.4. The minimum Gasteiger partial charge on any atom is -0.493 e. The Kier molecular flexibility index (Phi) is 4.02. The number of halogens is 1. The molecule has 0 aromatic heterocycles. The van der Waals surface area contributed by atoms with E-state index >= 15 is 0 Å². The Bertz CT molecular complexity index is 384. The van der Waals surface area contributed by atoms with Gasteiger partial charge >= 0.3 is 0 Å². The molecule has 0 bridgehead atoms. The molecule has 3 N–H and O–H groups in total. The predicted octanol–water partition coefficient (Wildman–Crippen LogP) is 1.04. The molecule has 5 heteroatoms. The van der Waals surface area contributed by atoms with Crippen LogP contribution in [-0.2, 0) is 6.42 Å². The van der Waals surface area contributed by atoms with Crippen molar-refractivity contribution in [3.8, 4) is 11.5 Å². The van der Waals surface area contributed by atoms with Gasteiger partial charge in [0.1, 0.15) is 0 Å². The maximum Gasteiger partial charge on any atom is 0.161 e. The number of methoxy groups -OCH3 is 2. The van der Waals surface area contributed by atoms with E-state index in [4.69, 9.17) is 15.2 Å². The number of aliphatic hydroxyl groups excluding tert-OH is 1. The van der Waals surface area contributed by atoms with E-state index in [9.17, 15) is 5.11 Å². The summed E-state index contributed by atoms with van der Waals surface area (Å²) in [5.74, 6) is 1.31. The third kappa shape index (κ3) is 1.96. The van der Waals surface area contributed by atoms with Crippen molar-refractivity contribution in [2.45, 2.75) is 18.6 Å². The minimum atomic E-state index is -0.597. The van der Waals surface area contributed by atoms with E-state index in [1.54, 1.807) is 20.3 Å². The van der Waals surface area contributed by atoms with E-state index in [0.29, 0.717) is 17.9 Å². The number of benzene rings is 1. The Morgan fingerprint density at radius 3 is 2.38 bits per heavy atom. The van der Waals surface area contributed by atoms with Crippen molar-refractivity contribution >= 4 is 12.4 Å². The second kappa shape index (κ2) is 4.91. The molecule has 0 saturated carbocycles. The van der Waals surface area contributed by atoms with E-state index in [1.807, 2.05) is 6.07 Å². The molecule has 0 spiro atoms. The molecule has 4 nitrogen and oxygen atoms in total. The smallest absolute Gasteiger partial charge is 0.161 e. The highest BCUT2D eigenvalue weighted by atomic mass is 35.5. The summed E-state index contributed by atoms with van der Waals surface area (Å²) in [7, 11) is 3.17. The van der Waals surface area contributed by atoms with Gasteiger partial charge in [0.05, 0.1) is 20.3 Å². The van der Waals surface area contributed by atoms with Gasteiger partial charge in [-0.15, -0.1) is 12.4 Å². The molecule has 0 fully saturated rings. The highest BCUT2D eigenvalue weighted by molar-refractivity contribution is 5.85. The number of rotatable bonds is 2. The molecule has 1 aromatic rings. The van der Waals surface area contributed by atoms with Crippen molar-refractivity contribution in [1.82, 2.24) is 0 Å². The van der Waals surface area contributed by atoms with Crippen LogP contribution in [0.2, 0.25) is 0 Å². The fraction of sp³-hybridized carbons (Fsp3) is 0.455. The molecule has 0 saturated heterocycles. The second-order valence-electron chi connectivity index (χ2n) is 3.72. The van der Waals surface area contributed by atoms with Gasteiger partial charge in [0.15, 0.2) is 11.5 Å². The Labute approximate surface area is 101 Å². The minimum absolute atomic E-state index is 0. The zero-order chi connectivity index (χ0) is 11.0. The third-order valence-electron chi connectivity index (χ3n) is 2.83. The SMILES string of the molecule is COc1cc2c(cc1OC)C(O)C(N)C2.Cl. The Morgan fingerprint density at radius 1 is 1.25 bits per heavy atom. The first-order valence-corrected chi connectivity index (χ1v) is 4.85. The summed E-state index contributed by atoms with van der Waals surface area (Å²) in [6, 6.07) is 3.45. The van der Waals surface area contributed by atoms with Crippen molar-refractivity contribution in [3.63, 3.8) is 0 Å². The maximum absolute atomic E-state index is 9.81. The molecule has 1 aromatic carbocycles. The van der Waals surface area contributed by atoms with Crippen LogP contribution in [0.4, 0.5) is 0 Å². The average Bonchev–Trinajstić information content (AvgIpc) is 2.53. The van der Waals surface area contributed by atoms with E-state index in [1.165, 1.54) is 0 Å². The first kappa shape index (κ1) is 13.1. The van der Waals surface area contributed by atoms with Crippen molar-refractivity contribution in [2.24, 2.45) is 5.73 Å². The van der Waals surface area contributed by atoms with Crippen LogP contribution in [0, 0.1) is 0 Å². The Balaban J connectivity index is 0.00000128. The summed E-state index contributed by atoms with van der Waals surface area (Å²) in [4.78, 5) is 0. The van der Waals surface area contributed by atoms with Gasteiger partial charge in [0.25, 0.3) is 0 Å². The average molecular weight is 246 g/mol. The topological polar surface area (TPSA) is 64.7 Å². The highest BCUT2D eigenvalue weighted by Crippen LogP contribution is 2.38. The molecule has 2 atom stereocenters. The molecule has 2 rings (SSSR count). The number of fused-ring (bicyclic) bond motifs is 1.